The summed E-state index contributed by atoms with van der Waals surface area (Å²) in [7, 11) is 1.63. The van der Waals surface area contributed by atoms with E-state index in [2.05, 4.69) is 5.32 Å². The molecule has 0 aromatic heterocycles. The predicted octanol–water partition coefficient (Wildman–Crippen LogP) is 2.05. The fraction of sp³-hybridized carbons (Fsp3) is 0.571. The summed E-state index contributed by atoms with van der Waals surface area (Å²) in [5.41, 5.74) is 6.39. The predicted molar refractivity (Wildman–Crippen MR) is 73.1 cm³/mol. The van der Waals surface area contributed by atoms with Crippen molar-refractivity contribution in [2.24, 2.45) is 5.92 Å². The van der Waals surface area contributed by atoms with E-state index in [1.54, 1.807) is 13.2 Å². The van der Waals surface area contributed by atoms with Crippen LogP contribution >= 0.6 is 0 Å². The highest BCUT2D eigenvalue weighted by Crippen LogP contribution is 2.29. The number of nitrogens with one attached hydrogen (secondary N) is 1. The van der Waals surface area contributed by atoms with Crippen LogP contribution in [0.1, 0.15) is 19.3 Å². The van der Waals surface area contributed by atoms with E-state index in [0.717, 1.165) is 37.8 Å². The van der Waals surface area contributed by atoms with Crippen LogP contribution in [0, 0.1) is 5.92 Å². The molecule has 1 atom stereocenters. The van der Waals surface area contributed by atoms with Crippen LogP contribution in [0.3, 0.4) is 0 Å². The maximum absolute atomic E-state index is 5.74. The molecule has 4 nitrogen and oxygen atoms in total. The van der Waals surface area contributed by atoms with Crippen molar-refractivity contribution >= 4 is 5.69 Å². The van der Waals surface area contributed by atoms with Crippen molar-refractivity contribution in [3.05, 3.63) is 18.2 Å². The second kappa shape index (κ2) is 6.50. The molecule has 1 aliphatic rings. The average Bonchev–Trinajstić information content (AvgIpc) is 2.89. The van der Waals surface area contributed by atoms with Gasteiger partial charge in [0.2, 0.25) is 0 Å². The monoisotopic (exact) mass is 250 g/mol. The van der Waals surface area contributed by atoms with Gasteiger partial charge in [-0.2, -0.15) is 0 Å². The molecule has 1 saturated heterocycles. The SMILES string of the molecule is COc1cc(N)ccc1OCCCC1CCNC1. The van der Waals surface area contributed by atoms with E-state index in [1.807, 2.05) is 12.1 Å². The first-order chi connectivity index (χ1) is 8.79. The number of methoxy groups -OCH3 is 1. The number of ether oxygens (including phenoxy) is 2. The Hall–Kier alpha value is -1.42. The average molecular weight is 250 g/mol. The summed E-state index contributed by atoms with van der Waals surface area (Å²) < 4.78 is 11.0. The molecule has 0 aliphatic carbocycles. The molecule has 0 amide bonds. The van der Waals surface area contributed by atoms with E-state index >= 15 is 0 Å². The lowest BCUT2D eigenvalue weighted by atomic mass is 10.0. The number of hydrogen-bond donors (Lipinski definition) is 2. The van der Waals surface area contributed by atoms with Crippen LogP contribution in [0.5, 0.6) is 11.5 Å². The number of nitrogens with two attached hydrogens (primary N) is 1. The topological polar surface area (TPSA) is 56.5 Å². The van der Waals surface area contributed by atoms with Crippen LogP contribution < -0.4 is 20.5 Å². The normalized spacial score (nSPS) is 18.8. The summed E-state index contributed by atoms with van der Waals surface area (Å²) in [5, 5.41) is 3.38. The highest BCUT2D eigenvalue weighted by Gasteiger charge is 2.13. The Labute approximate surface area is 108 Å². The maximum Gasteiger partial charge on any atom is 0.162 e. The second-order valence-electron chi connectivity index (χ2n) is 4.76. The van der Waals surface area contributed by atoms with E-state index in [1.165, 1.54) is 12.8 Å². The molecule has 0 spiro atoms. The van der Waals surface area contributed by atoms with Crippen molar-refractivity contribution in [1.82, 2.24) is 5.32 Å². The van der Waals surface area contributed by atoms with Gasteiger partial charge < -0.3 is 20.5 Å². The van der Waals surface area contributed by atoms with Crippen LogP contribution in [0.2, 0.25) is 0 Å². The summed E-state index contributed by atoms with van der Waals surface area (Å²) in [6.07, 6.45) is 3.61. The van der Waals surface area contributed by atoms with Crippen molar-refractivity contribution in [2.45, 2.75) is 19.3 Å². The Balaban J connectivity index is 1.75. The van der Waals surface area contributed by atoms with Gasteiger partial charge >= 0.3 is 0 Å². The maximum atomic E-state index is 5.74. The zero-order valence-corrected chi connectivity index (χ0v) is 10.9. The van der Waals surface area contributed by atoms with Gasteiger partial charge in [0.1, 0.15) is 0 Å². The van der Waals surface area contributed by atoms with Crippen LogP contribution in [-0.4, -0.2) is 26.8 Å². The fourth-order valence-corrected chi connectivity index (χ4v) is 2.32. The summed E-state index contributed by atoms with van der Waals surface area (Å²) in [6.45, 7) is 3.05. The minimum atomic E-state index is 0.691. The van der Waals surface area contributed by atoms with Crippen LogP contribution in [0.15, 0.2) is 18.2 Å². The van der Waals surface area contributed by atoms with E-state index in [4.69, 9.17) is 15.2 Å². The zero-order chi connectivity index (χ0) is 12.8. The molecule has 0 radical (unpaired) electrons. The first kappa shape index (κ1) is 13.0. The van der Waals surface area contributed by atoms with Gasteiger partial charge in [-0.05, 0) is 50.4 Å². The summed E-state index contributed by atoms with van der Waals surface area (Å²) in [5.74, 6) is 2.30. The standard InChI is InChI=1S/C14H22N2O2/c1-17-14-9-12(15)4-5-13(14)18-8-2-3-11-6-7-16-10-11/h4-5,9,11,16H,2-3,6-8,10,15H2,1H3. The molecule has 18 heavy (non-hydrogen) atoms. The highest BCUT2D eigenvalue weighted by molar-refractivity contribution is 5.51. The Morgan fingerprint density at radius 2 is 2.28 bits per heavy atom. The number of hydrogen-bond acceptors (Lipinski definition) is 4. The van der Waals surface area contributed by atoms with Gasteiger partial charge in [0.15, 0.2) is 11.5 Å². The highest BCUT2D eigenvalue weighted by atomic mass is 16.5. The minimum absolute atomic E-state index is 0.691. The molecule has 1 aromatic carbocycles. The third-order valence-corrected chi connectivity index (χ3v) is 3.36. The molecule has 100 valence electrons. The number of benzene rings is 1. The van der Waals surface area contributed by atoms with Gasteiger partial charge in [-0.1, -0.05) is 0 Å². The van der Waals surface area contributed by atoms with Gasteiger partial charge in [0, 0.05) is 11.8 Å². The summed E-state index contributed by atoms with van der Waals surface area (Å²) in [4.78, 5) is 0. The minimum Gasteiger partial charge on any atom is -0.493 e. The molecular weight excluding hydrogens is 228 g/mol. The lowest BCUT2D eigenvalue weighted by Gasteiger charge is -2.12. The summed E-state index contributed by atoms with van der Waals surface area (Å²) in [6, 6.07) is 5.49. The molecule has 1 aromatic rings. The number of nitrogen functional groups attached to an aromatic ring is 1. The molecule has 4 heteroatoms. The summed E-state index contributed by atoms with van der Waals surface area (Å²) >= 11 is 0. The van der Waals surface area contributed by atoms with Crippen molar-refractivity contribution in [3.63, 3.8) is 0 Å². The molecular formula is C14H22N2O2. The Morgan fingerprint density at radius 3 is 3.00 bits per heavy atom. The Morgan fingerprint density at radius 1 is 1.39 bits per heavy atom. The Bertz CT molecular complexity index is 376. The van der Waals surface area contributed by atoms with Crippen LogP contribution in [0.25, 0.3) is 0 Å². The Kier molecular flexibility index (Phi) is 4.70. The van der Waals surface area contributed by atoms with E-state index < -0.39 is 0 Å². The van der Waals surface area contributed by atoms with Gasteiger partial charge in [0.05, 0.1) is 13.7 Å². The molecule has 1 fully saturated rings. The molecule has 2 rings (SSSR count). The van der Waals surface area contributed by atoms with E-state index in [9.17, 15) is 0 Å². The lowest BCUT2D eigenvalue weighted by molar-refractivity contribution is 0.278. The van der Waals surface area contributed by atoms with Crippen molar-refractivity contribution in [1.29, 1.82) is 0 Å². The zero-order valence-electron chi connectivity index (χ0n) is 10.9. The van der Waals surface area contributed by atoms with Gasteiger partial charge in [-0.3, -0.25) is 0 Å². The van der Waals surface area contributed by atoms with E-state index in [-0.39, 0.29) is 0 Å². The number of anilines is 1. The largest absolute Gasteiger partial charge is 0.493 e. The molecule has 1 unspecified atom stereocenters. The third kappa shape index (κ3) is 3.53. The molecule has 1 aliphatic heterocycles. The van der Waals surface area contributed by atoms with Gasteiger partial charge in [-0.15, -0.1) is 0 Å². The lowest BCUT2D eigenvalue weighted by Crippen LogP contribution is -2.10. The van der Waals surface area contributed by atoms with E-state index in [0.29, 0.717) is 11.4 Å². The molecule has 0 saturated carbocycles. The van der Waals surface area contributed by atoms with Gasteiger partial charge in [0.25, 0.3) is 0 Å². The van der Waals surface area contributed by atoms with Crippen molar-refractivity contribution < 1.29 is 9.47 Å². The molecule has 0 bridgehead atoms. The van der Waals surface area contributed by atoms with Crippen molar-refractivity contribution in [2.75, 3.05) is 32.5 Å². The first-order valence-corrected chi connectivity index (χ1v) is 6.56. The molecule has 1 heterocycles. The molecule has 3 N–H and O–H groups in total. The van der Waals surface area contributed by atoms with Gasteiger partial charge in [-0.25, -0.2) is 0 Å². The fourth-order valence-electron chi connectivity index (χ4n) is 2.32. The van der Waals surface area contributed by atoms with Crippen molar-refractivity contribution in [3.8, 4) is 11.5 Å². The third-order valence-electron chi connectivity index (χ3n) is 3.36. The van der Waals surface area contributed by atoms with Crippen LogP contribution in [0.4, 0.5) is 5.69 Å². The smallest absolute Gasteiger partial charge is 0.162 e. The first-order valence-electron chi connectivity index (χ1n) is 6.56. The quantitative estimate of drug-likeness (QED) is 0.599. The van der Waals surface area contributed by atoms with Crippen LogP contribution in [-0.2, 0) is 0 Å². The number of rotatable bonds is 6. The second-order valence-corrected chi connectivity index (χ2v) is 4.76.